The van der Waals surface area contributed by atoms with Crippen LogP contribution in [0.2, 0.25) is 0 Å². The van der Waals surface area contributed by atoms with E-state index in [4.69, 9.17) is 0 Å². The van der Waals surface area contributed by atoms with Gasteiger partial charge in [-0.2, -0.15) is 0 Å². The van der Waals surface area contributed by atoms with E-state index in [0.717, 1.165) is 0 Å². The molecule has 0 saturated heterocycles. The van der Waals surface area contributed by atoms with Crippen molar-refractivity contribution in [2.45, 2.75) is 4.90 Å². The van der Waals surface area contributed by atoms with Crippen molar-refractivity contribution in [2.24, 2.45) is 0 Å². The molecule has 1 aromatic rings. The van der Waals surface area contributed by atoms with Gasteiger partial charge in [0.1, 0.15) is 6.26 Å². The van der Waals surface area contributed by atoms with E-state index in [0.29, 0.717) is 4.47 Å². The molecule has 0 heterocycles. The van der Waals surface area contributed by atoms with Crippen molar-refractivity contribution in [2.75, 3.05) is 6.26 Å². The van der Waals surface area contributed by atoms with E-state index in [1.165, 1.54) is 12.3 Å². The molecule has 1 rings (SSSR count). The topological polar surface area (TPSA) is 23.1 Å². The fourth-order valence-corrected chi connectivity index (χ4v) is 1.84. The summed E-state index contributed by atoms with van der Waals surface area (Å²) in [7, 11) is 0. The van der Waals surface area contributed by atoms with Crippen LogP contribution in [-0.2, 0) is 11.2 Å². The Labute approximate surface area is 75.9 Å². The summed E-state index contributed by atoms with van der Waals surface area (Å²) in [6.07, 6.45) is 1.45. The maximum atomic E-state index is 13.0. The first-order valence-electron chi connectivity index (χ1n) is 2.90. The molecular formula is C7H6BrFOS. The van der Waals surface area contributed by atoms with Crippen LogP contribution >= 0.6 is 15.9 Å². The highest BCUT2D eigenvalue weighted by Gasteiger charge is 2.13. The largest absolute Gasteiger partial charge is 0.612 e. The molecule has 0 fully saturated rings. The van der Waals surface area contributed by atoms with E-state index >= 15 is 0 Å². The molecule has 0 aliphatic rings. The lowest BCUT2D eigenvalue weighted by atomic mass is 10.3. The molecule has 0 aliphatic carbocycles. The summed E-state index contributed by atoms with van der Waals surface area (Å²) in [4.78, 5) is 0.236. The van der Waals surface area contributed by atoms with Crippen LogP contribution in [0.1, 0.15) is 0 Å². The molecule has 0 bridgehead atoms. The van der Waals surface area contributed by atoms with E-state index in [-0.39, 0.29) is 4.90 Å². The van der Waals surface area contributed by atoms with Crippen molar-refractivity contribution in [3.63, 3.8) is 0 Å². The smallest absolute Gasteiger partial charge is 0.192 e. The lowest BCUT2D eigenvalue weighted by Crippen LogP contribution is -2.00. The summed E-state index contributed by atoms with van der Waals surface area (Å²) in [6, 6.07) is 4.74. The van der Waals surface area contributed by atoms with Crippen LogP contribution in [0.15, 0.2) is 27.6 Å². The first-order chi connectivity index (χ1) is 5.13. The van der Waals surface area contributed by atoms with Gasteiger partial charge in [0.05, 0.1) is 4.47 Å². The van der Waals surface area contributed by atoms with Crippen molar-refractivity contribution in [3.05, 3.63) is 28.5 Å². The van der Waals surface area contributed by atoms with Gasteiger partial charge in [0.25, 0.3) is 0 Å². The summed E-state index contributed by atoms with van der Waals surface area (Å²) >= 11 is 1.75. The molecule has 0 aromatic heterocycles. The lowest BCUT2D eigenvalue weighted by Gasteiger charge is -2.04. The van der Waals surface area contributed by atoms with Gasteiger partial charge in [0.2, 0.25) is 0 Å². The van der Waals surface area contributed by atoms with Gasteiger partial charge < -0.3 is 4.55 Å². The Kier molecular flexibility index (Phi) is 2.92. The van der Waals surface area contributed by atoms with Gasteiger partial charge in [-0.3, -0.25) is 0 Å². The van der Waals surface area contributed by atoms with Crippen molar-refractivity contribution in [1.82, 2.24) is 0 Å². The van der Waals surface area contributed by atoms with Crippen LogP contribution in [-0.4, -0.2) is 10.8 Å². The van der Waals surface area contributed by atoms with Crippen LogP contribution in [0.4, 0.5) is 4.39 Å². The molecule has 11 heavy (non-hydrogen) atoms. The predicted molar refractivity (Wildman–Crippen MR) is 46.4 cm³/mol. The van der Waals surface area contributed by atoms with Crippen molar-refractivity contribution < 1.29 is 8.94 Å². The molecule has 0 aliphatic heterocycles. The summed E-state index contributed by atoms with van der Waals surface area (Å²) in [6.45, 7) is 0. The molecule has 4 heteroatoms. The molecule has 0 N–H and O–H groups in total. The van der Waals surface area contributed by atoms with Gasteiger partial charge in [-0.15, -0.1) is 0 Å². The van der Waals surface area contributed by atoms with E-state index in [2.05, 4.69) is 15.9 Å². The van der Waals surface area contributed by atoms with Gasteiger partial charge in [-0.25, -0.2) is 4.39 Å². The highest BCUT2D eigenvalue weighted by Crippen LogP contribution is 2.21. The van der Waals surface area contributed by atoms with Crippen molar-refractivity contribution in [3.8, 4) is 0 Å². The summed E-state index contributed by atoms with van der Waals surface area (Å²) < 4.78 is 24.2. The van der Waals surface area contributed by atoms with Crippen LogP contribution < -0.4 is 0 Å². The highest BCUT2D eigenvalue weighted by molar-refractivity contribution is 9.10. The summed E-state index contributed by atoms with van der Waals surface area (Å²) in [5.74, 6) is -0.437. The predicted octanol–water partition coefficient (Wildman–Crippen LogP) is 2.33. The second kappa shape index (κ2) is 3.56. The Hall–Kier alpha value is -0.0600. The third-order valence-electron chi connectivity index (χ3n) is 1.23. The Morgan fingerprint density at radius 1 is 1.55 bits per heavy atom. The van der Waals surface area contributed by atoms with Crippen molar-refractivity contribution >= 4 is 27.1 Å². The van der Waals surface area contributed by atoms with Crippen LogP contribution in [0, 0.1) is 5.82 Å². The van der Waals surface area contributed by atoms with Gasteiger partial charge >= 0.3 is 0 Å². The SMILES string of the molecule is C[S+]([O-])c1cccc(Br)c1F. The second-order valence-electron chi connectivity index (χ2n) is 2.01. The molecule has 60 valence electrons. The van der Waals surface area contributed by atoms with E-state index < -0.39 is 17.0 Å². The zero-order valence-corrected chi connectivity index (χ0v) is 8.21. The Morgan fingerprint density at radius 2 is 2.18 bits per heavy atom. The molecule has 0 spiro atoms. The van der Waals surface area contributed by atoms with E-state index in [9.17, 15) is 8.94 Å². The Bertz CT molecular complexity index is 265. The fourth-order valence-electron chi connectivity index (χ4n) is 0.706. The monoisotopic (exact) mass is 236 g/mol. The minimum atomic E-state index is -1.26. The average Bonchev–Trinajstić information content (AvgIpc) is 1.94. The highest BCUT2D eigenvalue weighted by atomic mass is 79.9. The van der Waals surface area contributed by atoms with Gasteiger partial charge in [-0.1, -0.05) is 6.07 Å². The van der Waals surface area contributed by atoms with Gasteiger partial charge in [0.15, 0.2) is 10.7 Å². The molecular weight excluding hydrogens is 231 g/mol. The fraction of sp³-hybridized carbons (Fsp3) is 0.143. The number of hydrogen-bond donors (Lipinski definition) is 0. The first-order valence-corrected chi connectivity index (χ1v) is 5.25. The minimum Gasteiger partial charge on any atom is -0.612 e. The molecule has 0 saturated carbocycles. The zero-order valence-electron chi connectivity index (χ0n) is 5.80. The number of rotatable bonds is 1. The Balaban J connectivity index is 3.17. The molecule has 0 amide bonds. The quantitative estimate of drug-likeness (QED) is 0.687. The normalized spacial score (nSPS) is 13.1. The van der Waals surface area contributed by atoms with E-state index in [1.807, 2.05) is 0 Å². The lowest BCUT2D eigenvalue weighted by molar-refractivity contribution is 0.566. The zero-order chi connectivity index (χ0) is 8.43. The van der Waals surface area contributed by atoms with Crippen LogP contribution in [0.25, 0.3) is 0 Å². The Morgan fingerprint density at radius 3 is 2.64 bits per heavy atom. The summed E-state index contributed by atoms with van der Waals surface area (Å²) in [5, 5.41) is 0. The average molecular weight is 237 g/mol. The number of hydrogen-bond acceptors (Lipinski definition) is 1. The van der Waals surface area contributed by atoms with Crippen LogP contribution in [0.5, 0.6) is 0 Å². The standard InChI is InChI=1S/C7H6BrFOS/c1-11(10)6-4-2-3-5(8)7(6)9/h2-4H,1H3. The number of halogens is 2. The molecule has 1 unspecified atom stereocenters. The van der Waals surface area contributed by atoms with Crippen molar-refractivity contribution in [1.29, 1.82) is 0 Å². The number of benzene rings is 1. The minimum absolute atomic E-state index is 0.236. The first kappa shape index (κ1) is 9.03. The third-order valence-corrected chi connectivity index (χ3v) is 2.77. The molecule has 0 radical (unpaired) electrons. The molecule has 1 aromatic carbocycles. The third kappa shape index (κ3) is 1.95. The van der Waals surface area contributed by atoms with Gasteiger partial charge in [-0.05, 0) is 39.2 Å². The molecule has 1 atom stereocenters. The maximum Gasteiger partial charge on any atom is 0.192 e. The maximum absolute atomic E-state index is 13.0. The molecule has 1 nitrogen and oxygen atoms in total. The van der Waals surface area contributed by atoms with Crippen LogP contribution in [0.3, 0.4) is 0 Å². The summed E-state index contributed by atoms with van der Waals surface area (Å²) in [5.41, 5.74) is 0. The van der Waals surface area contributed by atoms with E-state index in [1.54, 1.807) is 12.1 Å². The second-order valence-corrected chi connectivity index (χ2v) is 4.21. The van der Waals surface area contributed by atoms with Gasteiger partial charge in [0, 0.05) is 0 Å².